The Balaban J connectivity index is 0.00000133. The van der Waals surface area contributed by atoms with E-state index >= 15 is 0 Å². The molecule has 0 unspecified atom stereocenters. The van der Waals surface area contributed by atoms with Crippen molar-refractivity contribution in [2.24, 2.45) is 0 Å². The van der Waals surface area contributed by atoms with Gasteiger partial charge in [0, 0.05) is 18.3 Å². The molecule has 3 rings (SSSR count). The molecule has 1 N–H and O–H groups in total. The molecule has 1 saturated heterocycles. The Morgan fingerprint density at radius 2 is 1.95 bits per heavy atom. The van der Waals surface area contributed by atoms with Gasteiger partial charge in [0.1, 0.15) is 0 Å². The molecule has 2 aromatic rings. The Morgan fingerprint density at radius 3 is 2.63 bits per heavy atom. The third kappa shape index (κ3) is 3.32. The van der Waals surface area contributed by atoms with Crippen LogP contribution >= 0.6 is 23.7 Å². The van der Waals surface area contributed by atoms with E-state index in [1.165, 1.54) is 28.3 Å². The number of nitrogens with one attached hydrogen (secondary N) is 1. The Hall–Kier alpha value is -0.970. The third-order valence-corrected chi connectivity index (χ3v) is 4.56. The first kappa shape index (κ1) is 14.4. The summed E-state index contributed by atoms with van der Waals surface area (Å²) in [6.45, 7) is 4.29. The van der Waals surface area contributed by atoms with Gasteiger partial charge in [-0.25, -0.2) is 4.98 Å². The van der Waals surface area contributed by atoms with Crippen molar-refractivity contribution in [2.75, 3.05) is 13.1 Å². The first-order valence-corrected chi connectivity index (χ1v) is 7.24. The summed E-state index contributed by atoms with van der Waals surface area (Å²) in [5.41, 5.74) is 2.24. The summed E-state index contributed by atoms with van der Waals surface area (Å²) in [6, 6.07) is 4.18. The lowest BCUT2D eigenvalue weighted by atomic mass is 9.99. The normalized spacial score (nSPS) is 16.1. The predicted molar refractivity (Wildman–Crippen MR) is 82.2 cm³/mol. The van der Waals surface area contributed by atoms with Crippen LogP contribution in [0.5, 0.6) is 0 Å². The van der Waals surface area contributed by atoms with Gasteiger partial charge >= 0.3 is 0 Å². The van der Waals surface area contributed by atoms with E-state index in [9.17, 15) is 0 Å². The Bertz CT molecular complexity index is 518. The lowest BCUT2D eigenvalue weighted by molar-refractivity contribution is 0.459. The van der Waals surface area contributed by atoms with Gasteiger partial charge < -0.3 is 5.32 Å². The number of rotatable bonds is 2. The van der Waals surface area contributed by atoms with Crippen LogP contribution in [0.4, 0.5) is 0 Å². The number of piperidine rings is 1. The SMILES string of the molecule is Cc1ccc(-c2cnc(C3CCNCC3)s2)nc1.Cl. The van der Waals surface area contributed by atoms with Gasteiger partial charge in [-0.05, 0) is 44.5 Å². The van der Waals surface area contributed by atoms with E-state index in [0.717, 1.165) is 18.8 Å². The molecular formula is C14H18ClN3S. The molecule has 0 atom stereocenters. The molecule has 0 aromatic carbocycles. The summed E-state index contributed by atoms with van der Waals surface area (Å²) in [4.78, 5) is 10.2. The lowest BCUT2D eigenvalue weighted by Gasteiger charge is -2.20. The van der Waals surface area contributed by atoms with Crippen molar-refractivity contribution in [3.05, 3.63) is 35.1 Å². The van der Waals surface area contributed by atoms with Crippen LogP contribution in [0.1, 0.15) is 29.3 Å². The van der Waals surface area contributed by atoms with Crippen molar-refractivity contribution in [1.82, 2.24) is 15.3 Å². The van der Waals surface area contributed by atoms with Gasteiger partial charge in [-0.2, -0.15) is 0 Å². The zero-order chi connectivity index (χ0) is 12.4. The van der Waals surface area contributed by atoms with Crippen LogP contribution in [-0.4, -0.2) is 23.1 Å². The minimum atomic E-state index is 0. The van der Waals surface area contributed by atoms with Gasteiger partial charge in [-0.3, -0.25) is 4.98 Å². The second-order valence-corrected chi connectivity index (χ2v) is 5.87. The van der Waals surface area contributed by atoms with Gasteiger partial charge in [0.05, 0.1) is 15.6 Å². The second kappa shape index (κ2) is 6.46. The molecule has 2 aromatic heterocycles. The molecule has 3 heterocycles. The second-order valence-electron chi connectivity index (χ2n) is 4.81. The molecule has 0 aliphatic carbocycles. The Labute approximate surface area is 123 Å². The van der Waals surface area contributed by atoms with Gasteiger partial charge in [-0.1, -0.05) is 6.07 Å². The van der Waals surface area contributed by atoms with Gasteiger partial charge in [0.15, 0.2) is 0 Å². The minimum absolute atomic E-state index is 0. The standard InChI is InChI=1S/C14H17N3S.ClH/c1-10-2-3-12(16-8-10)13-9-17-14(18-13)11-4-6-15-7-5-11;/h2-3,8-9,11,15H,4-7H2,1H3;1H. The molecule has 5 heteroatoms. The quantitative estimate of drug-likeness (QED) is 0.923. The molecule has 0 spiro atoms. The molecule has 0 amide bonds. The van der Waals surface area contributed by atoms with Crippen LogP contribution in [0.15, 0.2) is 24.5 Å². The average Bonchev–Trinajstić information content (AvgIpc) is 2.90. The first-order valence-electron chi connectivity index (χ1n) is 6.42. The number of halogens is 1. The predicted octanol–water partition coefficient (Wildman–Crippen LogP) is 3.40. The maximum Gasteiger partial charge on any atom is 0.0963 e. The number of hydrogen-bond acceptors (Lipinski definition) is 4. The van der Waals surface area contributed by atoms with E-state index in [0.29, 0.717) is 5.92 Å². The number of hydrogen-bond donors (Lipinski definition) is 1. The summed E-state index contributed by atoms with van der Waals surface area (Å²) in [5.74, 6) is 0.635. The van der Waals surface area contributed by atoms with Crippen LogP contribution < -0.4 is 5.32 Å². The lowest BCUT2D eigenvalue weighted by Crippen LogP contribution is -2.26. The van der Waals surface area contributed by atoms with Crippen LogP contribution in [0.2, 0.25) is 0 Å². The summed E-state index contributed by atoms with van der Waals surface area (Å²) in [6.07, 6.45) is 6.29. The Morgan fingerprint density at radius 1 is 1.16 bits per heavy atom. The zero-order valence-corrected chi connectivity index (χ0v) is 12.6. The van der Waals surface area contributed by atoms with Crippen molar-refractivity contribution >= 4 is 23.7 Å². The summed E-state index contributed by atoms with van der Waals surface area (Å²) >= 11 is 1.80. The molecule has 1 aliphatic rings. The summed E-state index contributed by atoms with van der Waals surface area (Å²) in [5, 5.41) is 4.67. The highest BCUT2D eigenvalue weighted by atomic mass is 35.5. The van der Waals surface area contributed by atoms with E-state index in [1.54, 1.807) is 11.3 Å². The van der Waals surface area contributed by atoms with Crippen molar-refractivity contribution in [3.8, 4) is 10.6 Å². The molecular weight excluding hydrogens is 278 g/mol. The van der Waals surface area contributed by atoms with Crippen molar-refractivity contribution in [2.45, 2.75) is 25.7 Å². The van der Waals surface area contributed by atoms with E-state index in [4.69, 9.17) is 0 Å². The highest BCUT2D eigenvalue weighted by molar-refractivity contribution is 7.15. The minimum Gasteiger partial charge on any atom is -0.317 e. The van der Waals surface area contributed by atoms with Gasteiger partial charge in [0.2, 0.25) is 0 Å². The highest BCUT2D eigenvalue weighted by Crippen LogP contribution is 2.32. The van der Waals surface area contributed by atoms with Crippen molar-refractivity contribution < 1.29 is 0 Å². The Kier molecular flexibility index (Phi) is 4.91. The summed E-state index contributed by atoms with van der Waals surface area (Å²) in [7, 11) is 0. The van der Waals surface area contributed by atoms with E-state index in [1.807, 2.05) is 12.4 Å². The fourth-order valence-electron chi connectivity index (χ4n) is 2.28. The maximum atomic E-state index is 4.59. The molecule has 1 fully saturated rings. The number of thiazole rings is 1. The van der Waals surface area contributed by atoms with E-state index < -0.39 is 0 Å². The molecule has 102 valence electrons. The fourth-order valence-corrected chi connectivity index (χ4v) is 3.34. The fraction of sp³-hybridized carbons (Fsp3) is 0.429. The third-order valence-electron chi connectivity index (χ3n) is 3.38. The van der Waals surface area contributed by atoms with Gasteiger partial charge in [0.25, 0.3) is 0 Å². The maximum absolute atomic E-state index is 4.59. The molecule has 3 nitrogen and oxygen atoms in total. The molecule has 1 aliphatic heterocycles. The van der Waals surface area contributed by atoms with Crippen LogP contribution in [0.3, 0.4) is 0 Å². The monoisotopic (exact) mass is 295 g/mol. The summed E-state index contributed by atoms with van der Waals surface area (Å²) < 4.78 is 0. The van der Waals surface area contributed by atoms with Crippen molar-refractivity contribution in [1.29, 1.82) is 0 Å². The molecule has 0 saturated carbocycles. The first-order chi connectivity index (χ1) is 8.83. The molecule has 0 radical (unpaired) electrons. The van der Waals surface area contributed by atoms with Crippen LogP contribution in [0, 0.1) is 6.92 Å². The topological polar surface area (TPSA) is 37.8 Å². The van der Waals surface area contributed by atoms with Crippen LogP contribution in [0.25, 0.3) is 10.6 Å². The largest absolute Gasteiger partial charge is 0.317 e. The number of aromatic nitrogens is 2. The highest BCUT2D eigenvalue weighted by Gasteiger charge is 2.18. The number of pyridine rings is 1. The van der Waals surface area contributed by atoms with E-state index in [2.05, 4.69) is 34.3 Å². The van der Waals surface area contributed by atoms with E-state index in [-0.39, 0.29) is 12.4 Å². The molecule has 0 bridgehead atoms. The molecule has 19 heavy (non-hydrogen) atoms. The van der Waals surface area contributed by atoms with Crippen molar-refractivity contribution in [3.63, 3.8) is 0 Å². The van der Waals surface area contributed by atoms with Crippen LogP contribution in [-0.2, 0) is 0 Å². The number of aryl methyl sites for hydroxylation is 1. The van der Waals surface area contributed by atoms with Gasteiger partial charge in [-0.15, -0.1) is 23.7 Å². The number of nitrogens with zero attached hydrogens (tertiary/aromatic N) is 2. The zero-order valence-electron chi connectivity index (χ0n) is 10.9. The average molecular weight is 296 g/mol. The smallest absolute Gasteiger partial charge is 0.0963 e.